The van der Waals surface area contributed by atoms with Crippen molar-refractivity contribution < 1.29 is 14.3 Å². The van der Waals surface area contributed by atoms with E-state index in [9.17, 15) is 9.59 Å². The van der Waals surface area contributed by atoms with Crippen molar-refractivity contribution >= 4 is 34.0 Å². The van der Waals surface area contributed by atoms with Gasteiger partial charge in [-0.2, -0.15) is 0 Å². The zero-order valence-electron chi connectivity index (χ0n) is 15.6. The highest BCUT2D eigenvalue weighted by molar-refractivity contribution is 7.14. The molecule has 2 aromatic carbocycles. The van der Waals surface area contributed by atoms with Gasteiger partial charge < -0.3 is 10.5 Å². The molecule has 28 heavy (non-hydrogen) atoms. The minimum absolute atomic E-state index is 0.308. The lowest BCUT2D eigenvalue weighted by atomic mass is 10.1. The number of amides is 1. The van der Waals surface area contributed by atoms with E-state index < -0.39 is 18.0 Å². The molecule has 0 fully saturated rings. The molecule has 1 atom stereocenters. The van der Waals surface area contributed by atoms with Crippen LogP contribution in [-0.4, -0.2) is 23.0 Å². The first-order valence-electron chi connectivity index (χ1n) is 8.86. The fraction of sp³-hybridized carbons (Fsp3) is 0.190. The predicted molar refractivity (Wildman–Crippen MR) is 111 cm³/mol. The van der Waals surface area contributed by atoms with Crippen molar-refractivity contribution in [3.8, 4) is 11.3 Å². The van der Waals surface area contributed by atoms with Gasteiger partial charge in [0.05, 0.1) is 11.3 Å². The number of hydrogen-bond donors (Lipinski definition) is 2. The molecule has 0 bridgehead atoms. The monoisotopic (exact) mass is 395 g/mol. The minimum atomic E-state index is -0.916. The van der Waals surface area contributed by atoms with Crippen LogP contribution in [0.15, 0.2) is 53.9 Å². The molecule has 0 radical (unpaired) electrons. The average Bonchev–Trinajstić information content (AvgIpc) is 3.14. The van der Waals surface area contributed by atoms with Crippen LogP contribution in [0.4, 0.5) is 10.8 Å². The predicted octanol–water partition coefficient (Wildman–Crippen LogP) is 4.27. The molecule has 0 saturated heterocycles. The molecule has 0 aliphatic rings. The largest absolute Gasteiger partial charge is 0.449 e. The van der Waals surface area contributed by atoms with Gasteiger partial charge in [-0.3, -0.25) is 10.1 Å². The number of nitrogens with zero attached hydrogens (tertiary/aromatic N) is 1. The lowest BCUT2D eigenvalue weighted by molar-refractivity contribution is -0.124. The third-order valence-electron chi connectivity index (χ3n) is 4.12. The highest BCUT2D eigenvalue weighted by Gasteiger charge is 2.23. The highest BCUT2D eigenvalue weighted by atomic mass is 32.1. The molecule has 0 aliphatic carbocycles. The van der Waals surface area contributed by atoms with Gasteiger partial charge in [0.2, 0.25) is 0 Å². The summed E-state index contributed by atoms with van der Waals surface area (Å²) in [6, 6.07) is 14.4. The number of rotatable bonds is 6. The maximum Gasteiger partial charge on any atom is 0.338 e. The SMILES string of the molecule is CCC(OC(=O)c1cccc(N)c1)C(=O)Nc1nc(-c2ccc(C)cc2)cs1. The lowest BCUT2D eigenvalue weighted by Gasteiger charge is -2.15. The number of aryl methyl sites for hydroxylation is 1. The van der Waals surface area contributed by atoms with E-state index in [1.54, 1.807) is 25.1 Å². The molecule has 0 aliphatic heterocycles. The smallest absolute Gasteiger partial charge is 0.338 e. The maximum absolute atomic E-state index is 12.5. The fourth-order valence-corrected chi connectivity index (χ4v) is 3.28. The van der Waals surface area contributed by atoms with Crippen molar-refractivity contribution in [2.75, 3.05) is 11.1 Å². The molecule has 1 heterocycles. The Labute approximate surface area is 167 Å². The molecule has 1 aromatic heterocycles. The van der Waals surface area contributed by atoms with E-state index in [1.165, 1.54) is 23.0 Å². The van der Waals surface area contributed by atoms with Crippen molar-refractivity contribution in [1.82, 2.24) is 4.98 Å². The first kappa shape index (κ1) is 19.6. The number of thiazole rings is 1. The van der Waals surface area contributed by atoms with Gasteiger partial charge in [-0.25, -0.2) is 9.78 Å². The number of hydrogen-bond acceptors (Lipinski definition) is 6. The van der Waals surface area contributed by atoms with E-state index in [-0.39, 0.29) is 0 Å². The van der Waals surface area contributed by atoms with E-state index in [0.29, 0.717) is 22.8 Å². The number of nitrogens with one attached hydrogen (secondary N) is 1. The van der Waals surface area contributed by atoms with Gasteiger partial charge >= 0.3 is 5.97 Å². The molecule has 3 aromatic rings. The molecule has 0 spiro atoms. The van der Waals surface area contributed by atoms with Crippen molar-refractivity contribution in [2.45, 2.75) is 26.4 Å². The summed E-state index contributed by atoms with van der Waals surface area (Å²) < 4.78 is 5.35. The fourth-order valence-electron chi connectivity index (χ4n) is 2.56. The van der Waals surface area contributed by atoms with Gasteiger partial charge in [-0.05, 0) is 31.5 Å². The zero-order chi connectivity index (χ0) is 20.1. The molecular formula is C21H21N3O3S. The van der Waals surface area contributed by atoms with Gasteiger partial charge in [0.1, 0.15) is 0 Å². The topological polar surface area (TPSA) is 94.3 Å². The molecular weight excluding hydrogens is 374 g/mol. The summed E-state index contributed by atoms with van der Waals surface area (Å²) >= 11 is 1.32. The van der Waals surface area contributed by atoms with E-state index in [4.69, 9.17) is 10.5 Å². The number of carbonyl (C=O) groups is 2. The summed E-state index contributed by atoms with van der Waals surface area (Å²) in [7, 11) is 0. The Morgan fingerprint density at radius 1 is 1.21 bits per heavy atom. The maximum atomic E-state index is 12.5. The third kappa shape index (κ3) is 4.75. The summed E-state index contributed by atoms with van der Waals surface area (Å²) in [5.41, 5.74) is 9.37. The minimum Gasteiger partial charge on any atom is -0.449 e. The molecule has 1 unspecified atom stereocenters. The first-order valence-corrected chi connectivity index (χ1v) is 9.74. The molecule has 3 N–H and O–H groups in total. The van der Waals surface area contributed by atoms with E-state index >= 15 is 0 Å². The van der Waals surface area contributed by atoms with Crippen LogP contribution in [0.25, 0.3) is 11.3 Å². The van der Waals surface area contributed by atoms with Crippen LogP contribution >= 0.6 is 11.3 Å². The molecule has 6 nitrogen and oxygen atoms in total. The van der Waals surface area contributed by atoms with Crippen LogP contribution in [-0.2, 0) is 9.53 Å². The van der Waals surface area contributed by atoms with Crippen molar-refractivity contribution in [3.05, 3.63) is 65.0 Å². The van der Waals surface area contributed by atoms with Gasteiger partial charge in [-0.1, -0.05) is 42.8 Å². The Kier molecular flexibility index (Phi) is 6.06. The van der Waals surface area contributed by atoms with Crippen molar-refractivity contribution in [2.24, 2.45) is 0 Å². The number of nitrogen functional groups attached to an aromatic ring is 1. The van der Waals surface area contributed by atoms with Crippen LogP contribution in [0.2, 0.25) is 0 Å². The normalized spacial score (nSPS) is 11.6. The summed E-state index contributed by atoms with van der Waals surface area (Å²) in [5.74, 6) is -1.00. The zero-order valence-corrected chi connectivity index (χ0v) is 16.5. The van der Waals surface area contributed by atoms with Crippen LogP contribution in [0.5, 0.6) is 0 Å². The molecule has 3 rings (SSSR count). The van der Waals surface area contributed by atoms with Gasteiger partial charge in [-0.15, -0.1) is 11.3 Å². The molecule has 1 amide bonds. The number of anilines is 2. The Balaban J connectivity index is 1.65. The second-order valence-corrected chi connectivity index (χ2v) is 7.18. The van der Waals surface area contributed by atoms with E-state index in [0.717, 1.165) is 11.3 Å². The van der Waals surface area contributed by atoms with Crippen molar-refractivity contribution in [3.63, 3.8) is 0 Å². The highest BCUT2D eigenvalue weighted by Crippen LogP contribution is 2.25. The number of carbonyl (C=O) groups excluding carboxylic acids is 2. The standard InChI is InChI=1S/C21H21N3O3S/c1-3-18(27-20(26)15-5-4-6-16(22)11-15)19(25)24-21-23-17(12-28-21)14-9-7-13(2)8-10-14/h4-12,18H,3,22H2,1-2H3,(H,23,24,25). The van der Waals surface area contributed by atoms with Gasteiger partial charge in [0.25, 0.3) is 5.91 Å². The van der Waals surface area contributed by atoms with Gasteiger partial charge in [0.15, 0.2) is 11.2 Å². The number of aromatic nitrogens is 1. The average molecular weight is 395 g/mol. The van der Waals surface area contributed by atoms with Crippen LogP contribution in [0.3, 0.4) is 0 Å². The molecule has 7 heteroatoms. The number of benzene rings is 2. The Bertz CT molecular complexity index is 983. The first-order chi connectivity index (χ1) is 13.5. The summed E-state index contributed by atoms with van der Waals surface area (Å²) in [5, 5.41) is 5.06. The third-order valence-corrected chi connectivity index (χ3v) is 4.87. The lowest BCUT2D eigenvalue weighted by Crippen LogP contribution is -2.32. The van der Waals surface area contributed by atoms with E-state index in [2.05, 4.69) is 10.3 Å². The molecule has 0 saturated carbocycles. The summed E-state index contributed by atoms with van der Waals surface area (Å²) in [6.07, 6.45) is -0.573. The Morgan fingerprint density at radius 2 is 1.96 bits per heavy atom. The van der Waals surface area contributed by atoms with Crippen molar-refractivity contribution in [1.29, 1.82) is 0 Å². The Morgan fingerprint density at radius 3 is 2.64 bits per heavy atom. The quantitative estimate of drug-likeness (QED) is 0.480. The van der Waals surface area contributed by atoms with Crippen LogP contribution in [0, 0.1) is 6.92 Å². The number of esters is 1. The number of nitrogens with two attached hydrogens (primary N) is 1. The number of ether oxygens (including phenoxy) is 1. The van der Waals surface area contributed by atoms with Crippen LogP contribution in [0.1, 0.15) is 29.3 Å². The second kappa shape index (κ2) is 8.67. The van der Waals surface area contributed by atoms with Gasteiger partial charge in [0, 0.05) is 16.6 Å². The summed E-state index contributed by atoms with van der Waals surface area (Å²) in [4.78, 5) is 29.2. The summed E-state index contributed by atoms with van der Waals surface area (Å²) in [6.45, 7) is 3.79. The van der Waals surface area contributed by atoms with E-state index in [1.807, 2.05) is 36.6 Å². The van der Waals surface area contributed by atoms with Crippen LogP contribution < -0.4 is 11.1 Å². The molecule has 144 valence electrons. The second-order valence-electron chi connectivity index (χ2n) is 6.32. The Hall–Kier alpha value is -3.19.